The van der Waals surface area contributed by atoms with Crippen molar-refractivity contribution < 1.29 is 9.18 Å². The third-order valence-electron chi connectivity index (χ3n) is 6.22. The van der Waals surface area contributed by atoms with Gasteiger partial charge in [-0.25, -0.2) is 14.4 Å². The van der Waals surface area contributed by atoms with Gasteiger partial charge in [0.05, 0.1) is 11.2 Å². The van der Waals surface area contributed by atoms with E-state index in [4.69, 9.17) is 0 Å². The van der Waals surface area contributed by atoms with Crippen molar-refractivity contribution in [2.75, 3.05) is 31.1 Å². The van der Waals surface area contributed by atoms with Crippen LogP contribution >= 0.6 is 0 Å². The number of nitrogens with zero attached hydrogens (tertiary/aromatic N) is 5. The molecule has 1 aliphatic heterocycles. The fraction of sp³-hybridized carbons (Fsp3) is 0.375. The van der Waals surface area contributed by atoms with Gasteiger partial charge in [-0.15, -0.1) is 0 Å². The number of benzene rings is 1. The maximum absolute atomic E-state index is 14.6. The Morgan fingerprint density at radius 1 is 1.24 bits per heavy atom. The number of halogens is 1. The number of carbonyl (C=O) groups excluding carboxylic acids is 1. The van der Waals surface area contributed by atoms with Crippen LogP contribution in [0.3, 0.4) is 0 Å². The van der Waals surface area contributed by atoms with Crippen molar-refractivity contribution in [3.63, 3.8) is 0 Å². The Kier molecular flexibility index (Phi) is 5.71. The van der Waals surface area contributed by atoms with E-state index in [2.05, 4.69) is 36.1 Å². The largest absolute Gasteiger partial charge is 0.367 e. The topological polar surface area (TPSA) is 118 Å². The lowest BCUT2D eigenvalue weighted by atomic mass is 10.1. The monoisotopic (exact) mass is 461 g/mol. The van der Waals surface area contributed by atoms with Crippen LogP contribution in [0.4, 0.5) is 10.1 Å². The molecule has 2 aromatic heterocycles. The molecule has 34 heavy (non-hydrogen) atoms. The van der Waals surface area contributed by atoms with Gasteiger partial charge in [-0.2, -0.15) is 5.26 Å². The van der Waals surface area contributed by atoms with Gasteiger partial charge < -0.3 is 15.2 Å². The van der Waals surface area contributed by atoms with E-state index in [1.165, 1.54) is 6.07 Å². The van der Waals surface area contributed by atoms with Crippen molar-refractivity contribution in [1.82, 2.24) is 25.2 Å². The maximum Gasteiger partial charge on any atom is 0.270 e. The van der Waals surface area contributed by atoms with Gasteiger partial charge in [0.25, 0.3) is 11.5 Å². The minimum absolute atomic E-state index is 0.163. The fourth-order valence-electron chi connectivity index (χ4n) is 4.19. The minimum atomic E-state index is -0.457. The summed E-state index contributed by atoms with van der Waals surface area (Å²) in [6.07, 6.45) is 1.97. The first-order chi connectivity index (χ1) is 16.4. The van der Waals surface area contributed by atoms with Crippen LogP contribution in [0.25, 0.3) is 11.0 Å². The summed E-state index contributed by atoms with van der Waals surface area (Å²) in [5.41, 5.74) is 2.42. The highest BCUT2D eigenvalue weighted by Crippen LogP contribution is 2.23. The molecule has 2 N–H and O–H groups in total. The Morgan fingerprint density at radius 2 is 2.00 bits per heavy atom. The standard InChI is InChI=1S/C24H24FN7O2/c1-14-23(33)30-19-11-15(10-17(25)22(19)27-14)13-31-6-8-32(9-7-31)21-5-4-18(29-20(21)12-26)24(34)28-16-2-3-16/h4-5,10-11,16H,2-3,6-9,13H2,1H3,(H,28,34)(H,30,33). The number of nitriles is 1. The summed E-state index contributed by atoms with van der Waals surface area (Å²) < 4.78 is 14.6. The third-order valence-corrected chi connectivity index (χ3v) is 6.22. The Bertz CT molecular complexity index is 1370. The number of H-pyrrole nitrogens is 1. The normalized spacial score (nSPS) is 16.4. The van der Waals surface area contributed by atoms with Gasteiger partial charge in [-0.1, -0.05) is 0 Å². The van der Waals surface area contributed by atoms with Crippen LogP contribution in [-0.2, 0) is 6.54 Å². The summed E-state index contributed by atoms with van der Waals surface area (Å²) in [5, 5.41) is 12.5. The Morgan fingerprint density at radius 3 is 2.71 bits per heavy atom. The maximum atomic E-state index is 14.6. The molecule has 3 heterocycles. The average molecular weight is 462 g/mol. The van der Waals surface area contributed by atoms with E-state index in [-0.39, 0.29) is 40.1 Å². The summed E-state index contributed by atoms with van der Waals surface area (Å²) in [6, 6.07) is 9.02. The second-order valence-electron chi connectivity index (χ2n) is 8.81. The van der Waals surface area contributed by atoms with E-state index in [9.17, 15) is 19.2 Å². The van der Waals surface area contributed by atoms with Crippen LogP contribution in [0.1, 0.15) is 40.3 Å². The molecule has 0 spiro atoms. The Balaban J connectivity index is 1.26. The molecule has 3 aromatic rings. The zero-order valence-corrected chi connectivity index (χ0v) is 18.8. The van der Waals surface area contributed by atoms with E-state index in [0.29, 0.717) is 43.9 Å². The van der Waals surface area contributed by atoms with Gasteiger partial charge in [0.15, 0.2) is 11.5 Å². The molecule has 0 bridgehead atoms. The molecule has 1 aromatic carbocycles. The number of pyridine rings is 1. The molecular weight excluding hydrogens is 437 g/mol. The van der Waals surface area contributed by atoms with Crippen molar-refractivity contribution >= 4 is 22.6 Å². The first kappa shape index (κ1) is 22.0. The number of fused-ring (bicyclic) bond motifs is 1. The number of anilines is 1. The van der Waals surface area contributed by atoms with E-state index >= 15 is 0 Å². The van der Waals surface area contributed by atoms with Crippen LogP contribution in [0.2, 0.25) is 0 Å². The number of carbonyl (C=O) groups is 1. The lowest BCUT2D eigenvalue weighted by molar-refractivity contribution is 0.0946. The summed E-state index contributed by atoms with van der Waals surface area (Å²) in [5.74, 6) is -0.703. The third kappa shape index (κ3) is 4.47. The van der Waals surface area contributed by atoms with Gasteiger partial charge in [0.1, 0.15) is 23.0 Å². The highest BCUT2D eigenvalue weighted by atomic mass is 19.1. The molecule has 1 saturated heterocycles. The van der Waals surface area contributed by atoms with Crippen LogP contribution in [-0.4, -0.2) is 58.0 Å². The Labute approximate surface area is 195 Å². The van der Waals surface area contributed by atoms with E-state index in [1.807, 2.05) is 0 Å². The first-order valence-corrected chi connectivity index (χ1v) is 11.3. The average Bonchev–Trinajstić information content (AvgIpc) is 3.64. The number of rotatable bonds is 5. The van der Waals surface area contributed by atoms with E-state index in [0.717, 1.165) is 18.4 Å². The van der Waals surface area contributed by atoms with Gasteiger partial charge >= 0.3 is 0 Å². The van der Waals surface area contributed by atoms with Crippen molar-refractivity contribution in [2.24, 2.45) is 0 Å². The number of hydrogen-bond acceptors (Lipinski definition) is 7. The molecule has 2 aliphatic rings. The number of hydrogen-bond donors (Lipinski definition) is 2. The van der Waals surface area contributed by atoms with Gasteiger partial charge in [0.2, 0.25) is 0 Å². The number of aromatic nitrogens is 3. The minimum Gasteiger partial charge on any atom is -0.367 e. The van der Waals surface area contributed by atoms with Crippen molar-refractivity contribution in [1.29, 1.82) is 5.26 Å². The number of aryl methyl sites for hydroxylation is 1. The van der Waals surface area contributed by atoms with Crippen molar-refractivity contribution in [2.45, 2.75) is 32.4 Å². The number of aromatic amines is 1. The van der Waals surface area contributed by atoms with Gasteiger partial charge in [-0.05, 0) is 49.6 Å². The highest BCUT2D eigenvalue weighted by molar-refractivity contribution is 5.93. The second kappa shape index (κ2) is 8.83. The van der Waals surface area contributed by atoms with E-state index in [1.54, 1.807) is 25.1 Å². The number of amides is 1. The number of nitrogens with one attached hydrogen (secondary N) is 2. The lowest BCUT2D eigenvalue weighted by Crippen LogP contribution is -2.46. The smallest absolute Gasteiger partial charge is 0.270 e. The second-order valence-corrected chi connectivity index (χ2v) is 8.81. The zero-order chi connectivity index (χ0) is 23.8. The van der Waals surface area contributed by atoms with Gasteiger partial charge in [0, 0.05) is 38.8 Å². The Hall–Kier alpha value is -3.84. The molecule has 174 valence electrons. The first-order valence-electron chi connectivity index (χ1n) is 11.3. The van der Waals surface area contributed by atoms with Crippen molar-refractivity contribution in [3.05, 3.63) is 63.1 Å². The quantitative estimate of drug-likeness (QED) is 0.595. The molecule has 0 atom stereocenters. The molecule has 1 amide bonds. The summed E-state index contributed by atoms with van der Waals surface area (Å²) in [6.45, 7) is 4.82. The molecule has 10 heteroatoms. The molecule has 9 nitrogen and oxygen atoms in total. The summed E-state index contributed by atoms with van der Waals surface area (Å²) >= 11 is 0. The molecule has 2 fully saturated rings. The molecule has 0 radical (unpaired) electrons. The number of piperazine rings is 1. The molecule has 5 rings (SSSR count). The van der Waals surface area contributed by atoms with Crippen molar-refractivity contribution in [3.8, 4) is 6.07 Å². The van der Waals surface area contributed by atoms with Crippen LogP contribution in [0.15, 0.2) is 29.1 Å². The SMILES string of the molecule is Cc1nc2c(F)cc(CN3CCN(c4ccc(C(=O)NC5CC5)nc4C#N)CC3)cc2[nH]c1=O. The predicted octanol–water partition coefficient (Wildman–Crippen LogP) is 1.85. The molecule has 1 saturated carbocycles. The molecular formula is C24H24FN7O2. The summed E-state index contributed by atoms with van der Waals surface area (Å²) in [7, 11) is 0. The zero-order valence-electron chi connectivity index (χ0n) is 18.8. The van der Waals surface area contributed by atoms with Gasteiger partial charge in [-0.3, -0.25) is 14.5 Å². The molecule has 1 aliphatic carbocycles. The van der Waals surface area contributed by atoms with E-state index < -0.39 is 5.82 Å². The van der Waals surface area contributed by atoms with Crippen LogP contribution < -0.4 is 15.8 Å². The highest BCUT2D eigenvalue weighted by Gasteiger charge is 2.26. The predicted molar refractivity (Wildman–Crippen MR) is 124 cm³/mol. The van der Waals surface area contributed by atoms with Crippen LogP contribution in [0, 0.1) is 24.1 Å². The summed E-state index contributed by atoms with van der Waals surface area (Å²) in [4.78, 5) is 39.4. The van der Waals surface area contributed by atoms with Crippen LogP contribution in [0.5, 0.6) is 0 Å². The molecule has 0 unspecified atom stereocenters. The lowest BCUT2D eigenvalue weighted by Gasteiger charge is -2.36. The fourth-order valence-corrected chi connectivity index (χ4v) is 4.19.